The van der Waals surface area contributed by atoms with E-state index in [2.05, 4.69) is 10.3 Å². The minimum absolute atomic E-state index is 0.341. The number of methoxy groups -OCH3 is 1. The lowest BCUT2D eigenvalue weighted by Gasteiger charge is -2.10. The van der Waals surface area contributed by atoms with Crippen LogP contribution in [0.25, 0.3) is 11.1 Å². The summed E-state index contributed by atoms with van der Waals surface area (Å²) in [7, 11) is 1.39. The Kier molecular flexibility index (Phi) is 4.95. The van der Waals surface area contributed by atoms with E-state index >= 15 is 0 Å². The largest absolute Gasteiger partial charge is 0.465 e. The number of rotatable bonds is 5. The number of nitrogens with one attached hydrogen (secondary N) is 1. The highest BCUT2D eigenvalue weighted by molar-refractivity contribution is 5.97. The van der Waals surface area contributed by atoms with Gasteiger partial charge < -0.3 is 15.8 Å². The van der Waals surface area contributed by atoms with Crippen LogP contribution in [0.15, 0.2) is 66.9 Å². The number of benzene rings is 2. The molecule has 0 unspecified atom stereocenters. The summed E-state index contributed by atoms with van der Waals surface area (Å²) in [5.41, 5.74) is 9.94. The first-order valence-corrected chi connectivity index (χ1v) is 7.90. The summed E-state index contributed by atoms with van der Waals surface area (Å²) in [5.74, 6) is 0.328. The number of carbonyl (C=O) groups excluding carboxylic acids is 1. The van der Waals surface area contributed by atoms with Gasteiger partial charge in [0.2, 0.25) is 0 Å². The average Bonchev–Trinajstić information content (AvgIpc) is 2.67. The first kappa shape index (κ1) is 16.5. The zero-order chi connectivity index (χ0) is 17.6. The molecule has 0 fully saturated rings. The molecule has 0 atom stereocenters. The van der Waals surface area contributed by atoms with Gasteiger partial charge in [0.05, 0.1) is 18.4 Å². The Morgan fingerprint density at radius 3 is 2.56 bits per heavy atom. The molecule has 0 saturated heterocycles. The van der Waals surface area contributed by atoms with E-state index in [1.807, 2.05) is 48.5 Å². The molecule has 5 heteroatoms. The van der Waals surface area contributed by atoms with Gasteiger partial charge in [-0.25, -0.2) is 9.78 Å². The molecular weight excluding hydrogens is 314 g/mol. The quantitative estimate of drug-likeness (QED) is 0.696. The second-order valence-electron chi connectivity index (χ2n) is 5.53. The minimum Gasteiger partial charge on any atom is -0.465 e. The maximum Gasteiger partial charge on any atom is 0.338 e. The third kappa shape index (κ3) is 3.77. The summed E-state index contributed by atoms with van der Waals surface area (Å²) in [6, 6.07) is 19.0. The summed E-state index contributed by atoms with van der Waals surface area (Å²) >= 11 is 0. The monoisotopic (exact) mass is 333 g/mol. The zero-order valence-electron chi connectivity index (χ0n) is 13.9. The third-order valence-corrected chi connectivity index (χ3v) is 3.90. The number of esters is 1. The predicted octanol–water partition coefficient (Wildman–Crippen LogP) is 3.73. The van der Waals surface area contributed by atoms with Gasteiger partial charge in [0, 0.05) is 12.7 Å². The van der Waals surface area contributed by atoms with Crippen LogP contribution in [0.1, 0.15) is 15.9 Å². The molecule has 2 aromatic carbocycles. The molecule has 0 bridgehead atoms. The van der Waals surface area contributed by atoms with Crippen molar-refractivity contribution in [2.24, 2.45) is 0 Å². The molecule has 25 heavy (non-hydrogen) atoms. The zero-order valence-corrected chi connectivity index (χ0v) is 13.9. The highest BCUT2D eigenvalue weighted by Crippen LogP contribution is 2.25. The van der Waals surface area contributed by atoms with Gasteiger partial charge >= 0.3 is 5.97 Å². The van der Waals surface area contributed by atoms with E-state index in [-0.39, 0.29) is 5.97 Å². The fourth-order valence-corrected chi connectivity index (χ4v) is 2.58. The topological polar surface area (TPSA) is 77.2 Å². The van der Waals surface area contributed by atoms with Crippen molar-refractivity contribution in [2.75, 3.05) is 18.2 Å². The number of carbonyl (C=O) groups is 1. The first-order valence-electron chi connectivity index (χ1n) is 7.90. The molecule has 5 nitrogen and oxygen atoms in total. The second kappa shape index (κ2) is 7.49. The predicted molar refractivity (Wildman–Crippen MR) is 99.2 cm³/mol. The van der Waals surface area contributed by atoms with Gasteiger partial charge in [0.25, 0.3) is 0 Å². The lowest BCUT2D eigenvalue weighted by atomic mass is 9.99. The third-order valence-electron chi connectivity index (χ3n) is 3.90. The molecule has 0 aliphatic heterocycles. The van der Waals surface area contributed by atoms with Gasteiger partial charge in [0.1, 0.15) is 5.82 Å². The van der Waals surface area contributed by atoms with Crippen molar-refractivity contribution in [1.29, 1.82) is 0 Å². The van der Waals surface area contributed by atoms with Crippen LogP contribution in [0.3, 0.4) is 0 Å². The van der Waals surface area contributed by atoms with Crippen molar-refractivity contribution in [2.45, 2.75) is 6.54 Å². The summed E-state index contributed by atoms with van der Waals surface area (Å²) in [4.78, 5) is 16.1. The van der Waals surface area contributed by atoms with Gasteiger partial charge in [-0.1, -0.05) is 42.5 Å². The number of ether oxygens (including phenoxy) is 1. The van der Waals surface area contributed by atoms with Crippen molar-refractivity contribution in [3.05, 3.63) is 78.0 Å². The standard InChI is InChI=1S/C20H19N3O2/c1-25-20(24)17-6-3-2-5-16(17)15-10-8-14(9-11-15)13-23-19-18(21)7-4-12-22-19/h2-12H,13,21H2,1H3,(H,22,23). The molecule has 1 aromatic heterocycles. The van der Waals surface area contributed by atoms with Crippen LogP contribution in [0, 0.1) is 0 Å². The van der Waals surface area contributed by atoms with E-state index in [9.17, 15) is 4.79 Å². The van der Waals surface area contributed by atoms with Gasteiger partial charge in [-0.2, -0.15) is 0 Å². The van der Waals surface area contributed by atoms with Crippen LogP contribution in [-0.4, -0.2) is 18.1 Å². The van der Waals surface area contributed by atoms with Crippen molar-refractivity contribution in [1.82, 2.24) is 4.98 Å². The number of aromatic nitrogens is 1. The lowest BCUT2D eigenvalue weighted by Crippen LogP contribution is -2.04. The highest BCUT2D eigenvalue weighted by Gasteiger charge is 2.12. The van der Waals surface area contributed by atoms with E-state index in [0.717, 1.165) is 16.7 Å². The summed E-state index contributed by atoms with van der Waals surface area (Å²) in [6.45, 7) is 0.611. The average molecular weight is 333 g/mol. The fraction of sp³-hybridized carbons (Fsp3) is 0.100. The van der Waals surface area contributed by atoms with Crippen LogP contribution >= 0.6 is 0 Å². The number of pyridine rings is 1. The molecule has 0 aliphatic carbocycles. The number of hydrogen-bond acceptors (Lipinski definition) is 5. The summed E-state index contributed by atoms with van der Waals surface area (Å²) in [6.07, 6.45) is 1.70. The lowest BCUT2D eigenvalue weighted by molar-refractivity contribution is 0.0601. The van der Waals surface area contributed by atoms with E-state index < -0.39 is 0 Å². The Hall–Kier alpha value is -3.34. The van der Waals surface area contributed by atoms with Crippen molar-refractivity contribution in [3.63, 3.8) is 0 Å². The number of nitrogens with two attached hydrogens (primary N) is 1. The van der Waals surface area contributed by atoms with Crippen LogP contribution in [0.5, 0.6) is 0 Å². The molecule has 0 spiro atoms. The molecular formula is C20H19N3O2. The number of nitrogen functional groups attached to an aromatic ring is 1. The normalized spacial score (nSPS) is 10.3. The Morgan fingerprint density at radius 1 is 1.08 bits per heavy atom. The summed E-state index contributed by atoms with van der Waals surface area (Å²) in [5, 5.41) is 3.22. The number of nitrogens with zero attached hydrogens (tertiary/aromatic N) is 1. The Morgan fingerprint density at radius 2 is 1.84 bits per heavy atom. The SMILES string of the molecule is COC(=O)c1ccccc1-c1ccc(CNc2ncccc2N)cc1. The van der Waals surface area contributed by atoms with Gasteiger partial charge in [0.15, 0.2) is 0 Å². The van der Waals surface area contributed by atoms with Crippen molar-refractivity contribution < 1.29 is 9.53 Å². The van der Waals surface area contributed by atoms with Crippen LogP contribution < -0.4 is 11.1 Å². The molecule has 1 heterocycles. The van der Waals surface area contributed by atoms with E-state index in [1.165, 1.54) is 7.11 Å². The second-order valence-corrected chi connectivity index (χ2v) is 5.53. The Balaban J connectivity index is 1.77. The maximum atomic E-state index is 11.9. The van der Waals surface area contributed by atoms with Crippen LogP contribution in [0.2, 0.25) is 0 Å². The molecule has 0 amide bonds. The molecule has 3 N–H and O–H groups in total. The molecule has 3 aromatic rings. The smallest absolute Gasteiger partial charge is 0.338 e. The maximum absolute atomic E-state index is 11.9. The molecule has 3 rings (SSSR count). The van der Waals surface area contributed by atoms with Crippen LogP contribution in [0.4, 0.5) is 11.5 Å². The Labute approximate surface area is 146 Å². The van der Waals surface area contributed by atoms with Gasteiger partial charge in [-0.15, -0.1) is 0 Å². The number of anilines is 2. The van der Waals surface area contributed by atoms with E-state index in [4.69, 9.17) is 10.5 Å². The van der Waals surface area contributed by atoms with E-state index in [0.29, 0.717) is 23.6 Å². The minimum atomic E-state index is -0.341. The van der Waals surface area contributed by atoms with Crippen molar-refractivity contribution in [3.8, 4) is 11.1 Å². The Bertz CT molecular complexity index is 876. The van der Waals surface area contributed by atoms with Gasteiger partial charge in [-0.3, -0.25) is 0 Å². The first-order chi connectivity index (χ1) is 12.2. The number of hydrogen-bond donors (Lipinski definition) is 2. The van der Waals surface area contributed by atoms with Crippen molar-refractivity contribution >= 4 is 17.5 Å². The molecule has 126 valence electrons. The molecule has 0 aliphatic rings. The van der Waals surface area contributed by atoms with E-state index in [1.54, 1.807) is 18.3 Å². The van der Waals surface area contributed by atoms with Gasteiger partial charge in [-0.05, 0) is 34.9 Å². The van der Waals surface area contributed by atoms with Crippen LogP contribution in [-0.2, 0) is 11.3 Å². The summed E-state index contributed by atoms with van der Waals surface area (Å²) < 4.78 is 4.85. The molecule has 0 saturated carbocycles. The molecule has 0 radical (unpaired) electrons. The highest BCUT2D eigenvalue weighted by atomic mass is 16.5. The fourth-order valence-electron chi connectivity index (χ4n) is 2.58.